The zero-order valence-electron chi connectivity index (χ0n) is 11.9. The molecule has 1 aliphatic carbocycles. The molecule has 0 saturated heterocycles. The minimum atomic E-state index is -0.825. The van der Waals surface area contributed by atoms with Crippen LogP contribution < -0.4 is 11.1 Å². The van der Waals surface area contributed by atoms with Gasteiger partial charge in [0, 0.05) is 0 Å². The molecule has 0 radical (unpaired) electrons. The Bertz CT molecular complexity index is 633. The number of carbonyl (C=O) groups excluding carboxylic acids is 2. The van der Waals surface area contributed by atoms with Gasteiger partial charge in [-0.05, 0) is 43.9 Å². The Balaban J connectivity index is 1.89. The Kier molecular flexibility index (Phi) is 4.88. The van der Waals surface area contributed by atoms with Crippen LogP contribution in [0.3, 0.4) is 0 Å². The number of hydrogen-bond donors (Lipinski definition) is 2. The van der Waals surface area contributed by atoms with E-state index in [4.69, 9.17) is 22.1 Å². The summed E-state index contributed by atoms with van der Waals surface area (Å²) in [4.78, 5) is 23.7. The van der Waals surface area contributed by atoms with Crippen molar-refractivity contribution in [2.75, 3.05) is 12.3 Å². The van der Waals surface area contributed by atoms with E-state index >= 15 is 0 Å². The maximum atomic E-state index is 11.8. The Morgan fingerprint density at radius 2 is 2.09 bits per heavy atom. The van der Waals surface area contributed by atoms with Gasteiger partial charge in [-0.2, -0.15) is 5.26 Å². The van der Waals surface area contributed by atoms with E-state index in [2.05, 4.69) is 11.4 Å². The molecular weight excluding hydrogens is 306 g/mol. The fourth-order valence-electron chi connectivity index (χ4n) is 2.43. The van der Waals surface area contributed by atoms with Crippen LogP contribution in [0.15, 0.2) is 18.2 Å². The van der Waals surface area contributed by atoms with Crippen LogP contribution in [0.4, 0.5) is 5.69 Å². The molecule has 1 aromatic rings. The van der Waals surface area contributed by atoms with E-state index in [1.807, 2.05) is 0 Å². The van der Waals surface area contributed by atoms with Gasteiger partial charge in [-0.3, -0.25) is 4.79 Å². The first-order valence-corrected chi connectivity index (χ1v) is 7.28. The smallest absolute Gasteiger partial charge is 0.338 e. The summed E-state index contributed by atoms with van der Waals surface area (Å²) in [5.41, 5.74) is 5.25. The summed E-state index contributed by atoms with van der Waals surface area (Å²) in [6.45, 7) is -0.440. The molecule has 0 heterocycles. The summed E-state index contributed by atoms with van der Waals surface area (Å²) < 4.78 is 4.93. The van der Waals surface area contributed by atoms with E-state index in [0.29, 0.717) is 17.9 Å². The van der Waals surface area contributed by atoms with Crippen molar-refractivity contribution in [2.45, 2.75) is 31.2 Å². The number of nitrogens with two attached hydrogens (primary N) is 1. The fraction of sp³-hybridized carbons (Fsp3) is 0.400. The number of esters is 1. The number of nitrogens with zero attached hydrogens (tertiary/aromatic N) is 1. The molecule has 0 spiro atoms. The largest absolute Gasteiger partial charge is 0.452 e. The van der Waals surface area contributed by atoms with Crippen LogP contribution in [0.5, 0.6) is 0 Å². The lowest BCUT2D eigenvalue weighted by Gasteiger charge is -2.21. The lowest BCUT2D eigenvalue weighted by atomic mass is 10.00. The highest BCUT2D eigenvalue weighted by atomic mass is 35.5. The lowest BCUT2D eigenvalue weighted by Crippen LogP contribution is -2.46. The van der Waals surface area contributed by atoms with Crippen LogP contribution in [0.25, 0.3) is 0 Å². The summed E-state index contributed by atoms with van der Waals surface area (Å²) in [6.07, 6.45) is 3.04. The predicted molar refractivity (Wildman–Crippen MR) is 81.1 cm³/mol. The van der Waals surface area contributed by atoms with Gasteiger partial charge in [-0.1, -0.05) is 11.6 Å². The molecule has 0 aliphatic heterocycles. The quantitative estimate of drug-likeness (QED) is 0.652. The Morgan fingerprint density at radius 1 is 1.41 bits per heavy atom. The summed E-state index contributed by atoms with van der Waals surface area (Å²) in [5, 5.41) is 12.2. The number of nitrogens with one attached hydrogen (secondary N) is 1. The Morgan fingerprint density at radius 3 is 2.68 bits per heavy atom. The third kappa shape index (κ3) is 3.68. The summed E-state index contributed by atoms with van der Waals surface area (Å²) in [5.74, 6) is -1.16. The number of nitriles is 1. The highest BCUT2D eigenvalue weighted by molar-refractivity contribution is 6.33. The van der Waals surface area contributed by atoms with Crippen LogP contribution in [-0.4, -0.2) is 24.0 Å². The van der Waals surface area contributed by atoms with E-state index < -0.39 is 24.0 Å². The Hall–Kier alpha value is -2.26. The molecule has 0 unspecified atom stereocenters. The second-order valence-corrected chi connectivity index (χ2v) is 5.67. The number of rotatable bonds is 4. The first-order chi connectivity index (χ1) is 10.5. The van der Waals surface area contributed by atoms with Crippen molar-refractivity contribution < 1.29 is 14.3 Å². The molecule has 6 nitrogen and oxygen atoms in total. The molecule has 116 valence electrons. The van der Waals surface area contributed by atoms with E-state index in [0.717, 1.165) is 12.8 Å². The molecule has 2 rings (SSSR count). The number of carbonyl (C=O) groups is 2. The number of amides is 1. The van der Waals surface area contributed by atoms with Gasteiger partial charge in [0.25, 0.3) is 5.91 Å². The third-order valence-electron chi connectivity index (χ3n) is 3.62. The van der Waals surface area contributed by atoms with Gasteiger partial charge >= 0.3 is 5.97 Å². The number of benzene rings is 1. The average molecular weight is 322 g/mol. The maximum Gasteiger partial charge on any atom is 0.338 e. The number of ether oxygens (including phenoxy) is 1. The molecule has 3 N–H and O–H groups in total. The van der Waals surface area contributed by atoms with Crippen molar-refractivity contribution in [1.82, 2.24) is 5.32 Å². The van der Waals surface area contributed by atoms with Gasteiger partial charge < -0.3 is 15.8 Å². The highest BCUT2D eigenvalue weighted by Crippen LogP contribution is 2.28. The Labute approximate surface area is 133 Å². The molecule has 7 heteroatoms. The molecule has 1 aromatic carbocycles. The van der Waals surface area contributed by atoms with Crippen molar-refractivity contribution in [3.8, 4) is 6.07 Å². The monoisotopic (exact) mass is 321 g/mol. The minimum absolute atomic E-state index is 0.213. The van der Waals surface area contributed by atoms with Crippen LogP contribution in [0.2, 0.25) is 5.02 Å². The second kappa shape index (κ2) is 6.67. The van der Waals surface area contributed by atoms with E-state index in [1.54, 1.807) is 0 Å². The molecule has 1 saturated carbocycles. The van der Waals surface area contributed by atoms with Gasteiger partial charge in [0.2, 0.25) is 0 Å². The normalized spacial score (nSPS) is 15.8. The molecule has 0 atom stereocenters. The first-order valence-electron chi connectivity index (χ1n) is 6.90. The number of hydrogen-bond acceptors (Lipinski definition) is 5. The summed E-state index contributed by atoms with van der Waals surface area (Å²) >= 11 is 5.77. The highest BCUT2D eigenvalue weighted by Gasteiger charge is 2.35. The molecule has 1 fully saturated rings. The molecule has 0 aromatic heterocycles. The van der Waals surface area contributed by atoms with Crippen LogP contribution in [0, 0.1) is 11.3 Å². The number of nitrogen functional groups attached to an aromatic ring is 1. The standard InChI is InChI=1S/C15H16ClN3O3/c16-11-4-3-10(7-12(11)18)14(21)22-8-13(20)19-15(9-17)5-1-2-6-15/h3-4,7H,1-2,5-6,8,18H2,(H,19,20). The van der Waals surface area contributed by atoms with Crippen molar-refractivity contribution in [1.29, 1.82) is 5.26 Å². The molecule has 0 bridgehead atoms. The van der Waals surface area contributed by atoms with E-state index in [1.165, 1.54) is 18.2 Å². The third-order valence-corrected chi connectivity index (χ3v) is 3.96. The number of halogens is 1. The summed E-state index contributed by atoms with van der Waals surface area (Å²) in [7, 11) is 0. The minimum Gasteiger partial charge on any atom is -0.452 e. The molecule has 22 heavy (non-hydrogen) atoms. The second-order valence-electron chi connectivity index (χ2n) is 5.26. The zero-order chi connectivity index (χ0) is 16.2. The van der Waals surface area contributed by atoms with Crippen LogP contribution in [-0.2, 0) is 9.53 Å². The van der Waals surface area contributed by atoms with Gasteiger partial charge in [-0.15, -0.1) is 0 Å². The average Bonchev–Trinajstić information content (AvgIpc) is 2.96. The SMILES string of the molecule is N#CC1(NC(=O)COC(=O)c2ccc(Cl)c(N)c2)CCCC1. The van der Waals surface area contributed by atoms with Gasteiger partial charge in [0.1, 0.15) is 5.54 Å². The first kappa shape index (κ1) is 16.1. The van der Waals surface area contributed by atoms with Crippen LogP contribution >= 0.6 is 11.6 Å². The van der Waals surface area contributed by atoms with Gasteiger partial charge in [-0.25, -0.2) is 4.79 Å². The predicted octanol–water partition coefficient (Wildman–Crippen LogP) is 2.03. The molecule has 1 aliphatic rings. The van der Waals surface area contributed by atoms with Crippen molar-refractivity contribution in [3.63, 3.8) is 0 Å². The van der Waals surface area contributed by atoms with Gasteiger partial charge in [0.05, 0.1) is 22.3 Å². The van der Waals surface area contributed by atoms with Gasteiger partial charge in [0.15, 0.2) is 6.61 Å². The molecule has 1 amide bonds. The van der Waals surface area contributed by atoms with E-state index in [9.17, 15) is 14.9 Å². The zero-order valence-corrected chi connectivity index (χ0v) is 12.7. The van der Waals surface area contributed by atoms with Crippen molar-refractivity contribution in [3.05, 3.63) is 28.8 Å². The number of anilines is 1. The fourth-order valence-corrected chi connectivity index (χ4v) is 2.55. The lowest BCUT2D eigenvalue weighted by molar-refractivity contribution is -0.125. The van der Waals surface area contributed by atoms with Crippen molar-refractivity contribution in [2.24, 2.45) is 0 Å². The summed E-state index contributed by atoms with van der Waals surface area (Å²) in [6, 6.07) is 6.47. The maximum absolute atomic E-state index is 11.8. The molecular formula is C15H16ClN3O3. The van der Waals surface area contributed by atoms with Crippen molar-refractivity contribution >= 4 is 29.2 Å². The van der Waals surface area contributed by atoms with Crippen LogP contribution in [0.1, 0.15) is 36.0 Å². The van der Waals surface area contributed by atoms with E-state index in [-0.39, 0.29) is 11.3 Å². The topological polar surface area (TPSA) is 105 Å².